The van der Waals surface area contributed by atoms with E-state index in [0.717, 1.165) is 12.8 Å². The molecule has 4 heterocycles. The Morgan fingerprint density at radius 2 is 1.90 bits per heavy atom. The van der Waals surface area contributed by atoms with Gasteiger partial charge >= 0.3 is 0 Å². The lowest BCUT2D eigenvalue weighted by atomic mass is 10.0. The van der Waals surface area contributed by atoms with E-state index >= 15 is 0 Å². The van der Waals surface area contributed by atoms with E-state index in [1.54, 1.807) is 44.6 Å². The van der Waals surface area contributed by atoms with Crippen molar-refractivity contribution in [3.05, 3.63) is 58.9 Å². The molecule has 0 aliphatic carbocycles. The number of carbonyl (C=O) groups excluding carboxylic acids is 1. The Kier molecular flexibility index (Phi) is 8.60. The van der Waals surface area contributed by atoms with Crippen LogP contribution in [0.15, 0.2) is 47.1 Å². The van der Waals surface area contributed by atoms with Crippen LogP contribution in [0.4, 0.5) is 0 Å². The molecule has 1 amide bonds. The number of amides is 1. The molecule has 1 fully saturated rings. The van der Waals surface area contributed by atoms with E-state index in [1.807, 2.05) is 6.07 Å². The largest absolute Gasteiger partial charge is 0.494 e. The van der Waals surface area contributed by atoms with Crippen LogP contribution in [0.5, 0.6) is 11.5 Å². The number of benzene rings is 1. The second-order valence-electron chi connectivity index (χ2n) is 9.03. The monoisotopic (exact) mass is 568 g/mol. The number of fused-ring (bicyclic) bond motifs is 1. The smallest absolute Gasteiger partial charge is 0.255 e. The van der Waals surface area contributed by atoms with Gasteiger partial charge in [-0.15, -0.1) is 12.4 Å². The highest BCUT2D eigenvalue weighted by molar-refractivity contribution is 6.34. The summed E-state index contributed by atoms with van der Waals surface area (Å²) in [4.78, 5) is 22.7. The number of furan rings is 1. The van der Waals surface area contributed by atoms with Crippen LogP contribution in [0.2, 0.25) is 5.02 Å². The second-order valence-corrected chi connectivity index (χ2v) is 9.44. The first-order valence-electron chi connectivity index (χ1n) is 12.0. The predicted molar refractivity (Wildman–Crippen MR) is 149 cm³/mol. The first-order chi connectivity index (χ1) is 18.4. The van der Waals surface area contributed by atoms with E-state index in [4.69, 9.17) is 30.2 Å². The second kappa shape index (κ2) is 11.9. The van der Waals surface area contributed by atoms with Crippen LogP contribution in [0.3, 0.4) is 0 Å². The molecule has 1 aliphatic rings. The minimum atomic E-state index is -0.194. The first-order valence-corrected chi connectivity index (χ1v) is 12.4. The lowest BCUT2D eigenvalue weighted by Crippen LogP contribution is -2.26. The maximum absolute atomic E-state index is 12.4. The Morgan fingerprint density at radius 3 is 2.59 bits per heavy atom. The number of nitrogens with zero attached hydrogens (tertiary/aromatic N) is 4. The molecule has 0 bridgehead atoms. The quantitative estimate of drug-likeness (QED) is 0.288. The molecular formula is C28H26Cl2N4O5. The molecule has 1 aliphatic heterocycles. The van der Waals surface area contributed by atoms with E-state index in [9.17, 15) is 10.1 Å². The zero-order valence-electron chi connectivity index (χ0n) is 21.6. The molecule has 0 N–H and O–H groups in total. The average Bonchev–Trinajstić information content (AvgIpc) is 3.37. The van der Waals surface area contributed by atoms with Crippen molar-refractivity contribution in [2.45, 2.75) is 18.9 Å². The lowest BCUT2D eigenvalue weighted by Gasteiger charge is -2.24. The third kappa shape index (κ3) is 5.64. The van der Waals surface area contributed by atoms with Crippen LogP contribution in [0.25, 0.3) is 33.7 Å². The molecule has 0 spiro atoms. The number of methoxy groups -OCH3 is 1. The number of ether oxygens (including phenoxy) is 3. The third-order valence-corrected chi connectivity index (χ3v) is 6.59. The maximum atomic E-state index is 12.4. The molecule has 9 nitrogen and oxygen atoms in total. The van der Waals surface area contributed by atoms with Crippen molar-refractivity contribution >= 4 is 41.0 Å². The summed E-state index contributed by atoms with van der Waals surface area (Å²) in [7, 11) is 4.83. The van der Waals surface area contributed by atoms with Gasteiger partial charge in [-0.3, -0.25) is 9.78 Å². The molecule has 0 atom stereocenters. The zero-order valence-corrected chi connectivity index (χ0v) is 23.1. The predicted octanol–water partition coefficient (Wildman–Crippen LogP) is 5.77. The minimum Gasteiger partial charge on any atom is -0.494 e. The molecule has 0 saturated carbocycles. The van der Waals surface area contributed by atoms with Crippen molar-refractivity contribution in [2.75, 3.05) is 34.4 Å². The highest BCUT2D eigenvalue weighted by atomic mass is 35.5. The summed E-state index contributed by atoms with van der Waals surface area (Å²) in [6, 6.07) is 10.9. The molecule has 4 aromatic rings. The molecule has 202 valence electrons. The van der Waals surface area contributed by atoms with Gasteiger partial charge < -0.3 is 23.5 Å². The molecule has 11 heteroatoms. The van der Waals surface area contributed by atoms with Crippen LogP contribution in [0, 0.1) is 11.3 Å². The molecule has 39 heavy (non-hydrogen) atoms. The molecule has 0 radical (unpaired) electrons. The molecule has 1 aromatic carbocycles. The summed E-state index contributed by atoms with van der Waals surface area (Å²) in [6.45, 7) is 1.29. The number of nitriles is 1. The van der Waals surface area contributed by atoms with Crippen LogP contribution < -0.4 is 9.47 Å². The van der Waals surface area contributed by atoms with Crippen molar-refractivity contribution in [1.29, 1.82) is 5.26 Å². The van der Waals surface area contributed by atoms with Gasteiger partial charge in [0.25, 0.3) is 5.91 Å². The van der Waals surface area contributed by atoms with Crippen LogP contribution >= 0.6 is 24.0 Å². The number of pyridine rings is 2. The standard InChI is InChI=1S/C28H25ClN4O5.ClH/c1-33(2)28(34)18-11-23(35-3)26(32-14-18)24-12-21-27(38-24)25(20(29)15-31-21)16-4-5-22(17(10-16)13-30)37-19-6-8-36-9-7-19;/h4-5,10-12,14-15,19H,6-9H2,1-3H3;1H. The van der Waals surface area contributed by atoms with Gasteiger partial charge in [0, 0.05) is 51.0 Å². The zero-order chi connectivity index (χ0) is 26.8. The molecular weight excluding hydrogens is 543 g/mol. The summed E-state index contributed by atoms with van der Waals surface area (Å²) in [5.74, 6) is 1.11. The summed E-state index contributed by atoms with van der Waals surface area (Å²) in [5, 5.41) is 10.2. The normalized spacial score (nSPS) is 13.4. The highest BCUT2D eigenvalue weighted by Gasteiger charge is 2.22. The van der Waals surface area contributed by atoms with Crippen molar-refractivity contribution < 1.29 is 23.4 Å². The number of aromatic nitrogens is 2. The fourth-order valence-corrected chi connectivity index (χ4v) is 4.59. The Labute approximate surface area is 236 Å². The lowest BCUT2D eigenvalue weighted by molar-refractivity contribution is 0.0254. The van der Waals surface area contributed by atoms with Gasteiger partial charge in [0.05, 0.1) is 36.5 Å². The summed E-state index contributed by atoms with van der Waals surface area (Å²) < 4.78 is 23.2. The van der Waals surface area contributed by atoms with Crippen LogP contribution in [0.1, 0.15) is 28.8 Å². The Hall–Kier alpha value is -3.84. The molecule has 3 aromatic heterocycles. The van der Waals surface area contributed by atoms with Crippen molar-refractivity contribution in [1.82, 2.24) is 14.9 Å². The highest BCUT2D eigenvalue weighted by Crippen LogP contribution is 2.40. The molecule has 0 unspecified atom stereocenters. The maximum Gasteiger partial charge on any atom is 0.255 e. The van der Waals surface area contributed by atoms with Crippen molar-refractivity contribution in [3.63, 3.8) is 0 Å². The Morgan fingerprint density at radius 1 is 1.13 bits per heavy atom. The van der Waals surface area contributed by atoms with Crippen molar-refractivity contribution in [2.24, 2.45) is 0 Å². The van der Waals surface area contributed by atoms with Gasteiger partial charge in [-0.2, -0.15) is 5.26 Å². The molecule has 1 saturated heterocycles. The topological polar surface area (TPSA) is 111 Å². The van der Waals surface area contributed by atoms with Crippen molar-refractivity contribution in [3.8, 4) is 40.1 Å². The number of hydrogen-bond donors (Lipinski definition) is 0. The number of carbonyl (C=O) groups is 1. The van der Waals surface area contributed by atoms with E-state index in [1.165, 1.54) is 18.2 Å². The van der Waals surface area contributed by atoms with Crippen LogP contribution in [-0.4, -0.2) is 61.3 Å². The Bertz CT molecular complexity index is 1560. The SMILES string of the molecule is COc1cc(C(=O)N(C)C)cnc1-c1cc2ncc(Cl)c(-c3ccc(OC4CCOCC4)c(C#N)c3)c2o1.Cl. The summed E-state index contributed by atoms with van der Waals surface area (Å²) in [5.41, 5.74) is 3.47. The van der Waals surface area contributed by atoms with E-state index in [0.29, 0.717) is 74.5 Å². The van der Waals surface area contributed by atoms with Gasteiger partial charge in [-0.25, -0.2) is 4.98 Å². The third-order valence-electron chi connectivity index (χ3n) is 6.31. The van der Waals surface area contributed by atoms with E-state index < -0.39 is 0 Å². The number of hydrogen-bond acceptors (Lipinski definition) is 8. The van der Waals surface area contributed by atoms with E-state index in [-0.39, 0.29) is 24.4 Å². The molecule has 5 rings (SSSR count). The van der Waals surface area contributed by atoms with Crippen LogP contribution in [-0.2, 0) is 4.74 Å². The fourth-order valence-electron chi connectivity index (χ4n) is 4.35. The first kappa shape index (κ1) is 28.2. The van der Waals surface area contributed by atoms with E-state index in [2.05, 4.69) is 16.0 Å². The minimum absolute atomic E-state index is 0. The summed E-state index contributed by atoms with van der Waals surface area (Å²) >= 11 is 6.59. The number of rotatable bonds is 6. The average molecular weight is 569 g/mol. The fraction of sp³-hybridized carbons (Fsp3) is 0.286. The van der Waals surface area contributed by atoms with Gasteiger partial charge in [0.2, 0.25) is 0 Å². The van der Waals surface area contributed by atoms with Gasteiger partial charge in [0.1, 0.15) is 34.9 Å². The van der Waals surface area contributed by atoms with Gasteiger partial charge in [-0.05, 0) is 23.8 Å². The Balaban J connectivity index is 0.00000353. The van der Waals surface area contributed by atoms with Gasteiger partial charge in [-0.1, -0.05) is 17.7 Å². The number of halogens is 2. The summed E-state index contributed by atoms with van der Waals surface area (Å²) in [6.07, 6.45) is 4.58. The van der Waals surface area contributed by atoms with Gasteiger partial charge in [0.15, 0.2) is 11.3 Å².